The normalized spacial score (nSPS) is 10.3. The first-order chi connectivity index (χ1) is 6.65. The number of halogens is 1. The molecule has 0 aliphatic carbocycles. The molecule has 14 heavy (non-hydrogen) atoms. The lowest BCUT2D eigenvalue weighted by Crippen LogP contribution is -2.21. The highest BCUT2D eigenvalue weighted by molar-refractivity contribution is 9.10. The maximum absolute atomic E-state index is 5.48. The molecule has 0 saturated heterocycles. The molecule has 1 aromatic rings. The SMILES string of the molecule is Cc1ccc(N(C)CCCN)c(Br)c1. The van der Waals surface area contributed by atoms with Gasteiger partial charge in [-0.2, -0.15) is 0 Å². The Bertz CT molecular complexity index is 299. The van der Waals surface area contributed by atoms with Gasteiger partial charge in [0.1, 0.15) is 0 Å². The van der Waals surface area contributed by atoms with Gasteiger partial charge in [-0.3, -0.25) is 0 Å². The summed E-state index contributed by atoms with van der Waals surface area (Å²) in [5, 5.41) is 0. The lowest BCUT2D eigenvalue weighted by Gasteiger charge is -2.20. The average Bonchev–Trinajstić information content (AvgIpc) is 2.14. The summed E-state index contributed by atoms with van der Waals surface area (Å²) in [7, 11) is 2.09. The molecular weight excluding hydrogens is 240 g/mol. The van der Waals surface area contributed by atoms with Crippen molar-refractivity contribution in [2.75, 3.05) is 25.0 Å². The Balaban J connectivity index is 2.74. The van der Waals surface area contributed by atoms with Crippen LogP contribution in [0, 0.1) is 6.92 Å². The van der Waals surface area contributed by atoms with Crippen LogP contribution in [-0.4, -0.2) is 20.1 Å². The summed E-state index contributed by atoms with van der Waals surface area (Å²) in [4.78, 5) is 2.22. The van der Waals surface area contributed by atoms with Gasteiger partial charge in [-0.15, -0.1) is 0 Å². The maximum atomic E-state index is 5.48. The van der Waals surface area contributed by atoms with Crippen LogP contribution in [0.3, 0.4) is 0 Å². The number of benzene rings is 1. The van der Waals surface area contributed by atoms with Crippen LogP contribution in [0.1, 0.15) is 12.0 Å². The van der Waals surface area contributed by atoms with E-state index in [0.717, 1.165) is 24.0 Å². The molecule has 78 valence electrons. The lowest BCUT2D eigenvalue weighted by molar-refractivity contribution is 0.794. The summed E-state index contributed by atoms with van der Waals surface area (Å²) in [6, 6.07) is 6.39. The van der Waals surface area contributed by atoms with E-state index >= 15 is 0 Å². The number of anilines is 1. The molecule has 0 atom stereocenters. The third-order valence-electron chi connectivity index (χ3n) is 2.21. The largest absolute Gasteiger partial charge is 0.374 e. The minimum atomic E-state index is 0.744. The highest BCUT2D eigenvalue weighted by atomic mass is 79.9. The molecule has 0 aliphatic heterocycles. The number of hydrogen-bond donors (Lipinski definition) is 1. The second-order valence-corrected chi connectivity index (χ2v) is 4.37. The van der Waals surface area contributed by atoms with Gasteiger partial charge in [0.25, 0.3) is 0 Å². The first-order valence-electron chi connectivity index (χ1n) is 4.82. The van der Waals surface area contributed by atoms with Gasteiger partial charge in [0.2, 0.25) is 0 Å². The van der Waals surface area contributed by atoms with Crippen LogP contribution < -0.4 is 10.6 Å². The first kappa shape index (κ1) is 11.5. The molecule has 2 N–H and O–H groups in total. The predicted molar refractivity (Wildman–Crippen MR) is 65.8 cm³/mol. The van der Waals surface area contributed by atoms with E-state index in [-0.39, 0.29) is 0 Å². The number of nitrogens with zero attached hydrogens (tertiary/aromatic N) is 1. The molecule has 0 heterocycles. The molecule has 0 spiro atoms. The summed E-state index contributed by atoms with van der Waals surface area (Å²) < 4.78 is 1.15. The maximum Gasteiger partial charge on any atom is 0.0508 e. The molecule has 0 saturated carbocycles. The number of hydrogen-bond acceptors (Lipinski definition) is 2. The van der Waals surface area contributed by atoms with E-state index in [1.165, 1.54) is 11.3 Å². The Labute approximate surface area is 94.2 Å². The predicted octanol–water partition coefficient (Wildman–Crippen LogP) is 2.54. The molecule has 0 bridgehead atoms. The Kier molecular flexibility index (Phi) is 4.42. The fourth-order valence-corrected chi connectivity index (χ4v) is 2.17. The van der Waals surface area contributed by atoms with Crippen molar-refractivity contribution in [1.29, 1.82) is 0 Å². The zero-order chi connectivity index (χ0) is 10.6. The number of nitrogens with two attached hydrogens (primary N) is 1. The van der Waals surface area contributed by atoms with Crippen molar-refractivity contribution in [2.45, 2.75) is 13.3 Å². The third-order valence-corrected chi connectivity index (χ3v) is 2.85. The van der Waals surface area contributed by atoms with E-state index < -0.39 is 0 Å². The molecular formula is C11H17BrN2. The van der Waals surface area contributed by atoms with Crippen molar-refractivity contribution in [3.05, 3.63) is 28.2 Å². The van der Waals surface area contributed by atoms with E-state index in [9.17, 15) is 0 Å². The Morgan fingerprint density at radius 2 is 2.14 bits per heavy atom. The average molecular weight is 257 g/mol. The Hall–Kier alpha value is -0.540. The second-order valence-electron chi connectivity index (χ2n) is 3.52. The van der Waals surface area contributed by atoms with Crippen molar-refractivity contribution in [3.63, 3.8) is 0 Å². The summed E-state index contributed by atoms with van der Waals surface area (Å²) in [6.07, 6.45) is 1.02. The van der Waals surface area contributed by atoms with Crippen molar-refractivity contribution < 1.29 is 0 Å². The van der Waals surface area contributed by atoms with Gasteiger partial charge in [-0.1, -0.05) is 6.07 Å². The number of aryl methyl sites for hydroxylation is 1. The summed E-state index contributed by atoms with van der Waals surface area (Å²) >= 11 is 3.57. The first-order valence-corrected chi connectivity index (χ1v) is 5.62. The third kappa shape index (κ3) is 3.00. The van der Waals surface area contributed by atoms with Gasteiger partial charge in [-0.05, 0) is 53.5 Å². The summed E-state index contributed by atoms with van der Waals surface area (Å²) in [6.45, 7) is 3.83. The summed E-state index contributed by atoms with van der Waals surface area (Å²) in [5.74, 6) is 0. The van der Waals surface area contributed by atoms with Gasteiger partial charge in [0.15, 0.2) is 0 Å². The standard InChI is InChI=1S/C11H17BrN2/c1-9-4-5-11(10(12)8-9)14(2)7-3-6-13/h4-5,8H,3,6-7,13H2,1-2H3. The molecule has 0 radical (unpaired) electrons. The minimum Gasteiger partial charge on any atom is -0.374 e. The topological polar surface area (TPSA) is 29.3 Å². The van der Waals surface area contributed by atoms with Crippen LogP contribution in [0.4, 0.5) is 5.69 Å². The van der Waals surface area contributed by atoms with E-state index in [1.807, 2.05) is 0 Å². The molecule has 1 aromatic carbocycles. The van der Waals surface area contributed by atoms with Gasteiger partial charge in [0, 0.05) is 18.1 Å². The van der Waals surface area contributed by atoms with Crippen molar-refractivity contribution in [3.8, 4) is 0 Å². The molecule has 2 nitrogen and oxygen atoms in total. The highest BCUT2D eigenvalue weighted by Gasteiger charge is 2.04. The molecule has 1 rings (SSSR count). The fraction of sp³-hybridized carbons (Fsp3) is 0.455. The Morgan fingerprint density at radius 3 is 2.71 bits per heavy atom. The zero-order valence-electron chi connectivity index (χ0n) is 8.76. The van der Waals surface area contributed by atoms with Crippen LogP contribution in [-0.2, 0) is 0 Å². The van der Waals surface area contributed by atoms with E-state index in [1.54, 1.807) is 0 Å². The van der Waals surface area contributed by atoms with Gasteiger partial charge >= 0.3 is 0 Å². The van der Waals surface area contributed by atoms with Crippen LogP contribution in [0.5, 0.6) is 0 Å². The van der Waals surface area contributed by atoms with Crippen molar-refractivity contribution >= 4 is 21.6 Å². The van der Waals surface area contributed by atoms with E-state index in [2.05, 4.69) is 53.0 Å². The van der Waals surface area contributed by atoms with Gasteiger partial charge in [0.05, 0.1) is 5.69 Å². The van der Waals surface area contributed by atoms with Gasteiger partial charge < -0.3 is 10.6 Å². The smallest absolute Gasteiger partial charge is 0.0508 e. The van der Waals surface area contributed by atoms with Crippen molar-refractivity contribution in [2.24, 2.45) is 5.73 Å². The fourth-order valence-electron chi connectivity index (χ4n) is 1.37. The van der Waals surface area contributed by atoms with Crippen LogP contribution in [0.15, 0.2) is 22.7 Å². The molecule has 0 amide bonds. The van der Waals surface area contributed by atoms with Crippen LogP contribution in [0.2, 0.25) is 0 Å². The quantitative estimate of drug-likeness (QED) is 0.898. The Morgan fingerprint density at radius 1 is 1.43 bits per heavy atom. The highest BCUT2D eigenvalue weighted by Crippen LogP contribution is 2.26. The minimum absolute atomic E-state index is 0.744. The monoisotopic (exact) mass is 256 g/mol. The molecule has 0 aromatic heterocycles. The van der Waals surface area contributed by atoms with Crippen LogP contribution >= 0.6 is 15.9 Å². The van der Waals surface area contributed by atoms with E-state index in [0.29, 0.717) is 0 Å². The lowest BCUT2D eigenvalue weighted by atomic mass is 10.2. The van der Waals surface area contributed by atoms with Crippen LogP contribution in [0.25, 0.3) is 0 Å². The molecule has 0 aliphatic rings. The molecule has 0 fully saturated rings. The summed E-state index contributed by atoms with van der Waals surface area (Å²) in [5.41, 5.74) is 7.98. The second kappa shape index (κ2) is 5.37. The van der Waals surface area contributed by atoms with E-state index in [4.69, 9.17) is 5.73 Å². The molecule has 3 heteroatoms. The number of rotatable bonds is 4. The zero-order valence-corrected chi connectivity index (χ0v) is 10.3. The molecule has 0 unspecified atom stereocenters. The van der Waals surface area contributed by atoms with Crippen molar-refractivity contribution in [1.82, 2.24) is 0 Å². The van der Waals surface area contributed by atoms with Gasteiger partial charge in [-0.25, -0.2) is 0 Å².